The lowest BCUT2D eigenvalue weighted by Crippen LogP contribution is -2.15. The van der Waals surface area contributed by atoms with Gasteiger partial charge in [0.05, 0.1) is 6.10 Å². The van der Waals surface area contributed by atoms with Gasteiger partial charge in [-0.1, -0.05) is 41.9 Å². The first-order valence-corrected chi connectivity index (χ1v) is 6.35. The Bertz CT molecular complexity index is 310. The lowest BCUT2D eigenvalue weighted by atomic mass is 10.2. The Kier molecular flexibility index (Phi) is 5.09. The number of rotatable bonds is 5. The smallest absolute Gasteiger partial charge is 0.165 e. The van der Waals surface area contributed by atoms with Crippen molar-refractivity contribution < 1.29 is 9.13 Å². The van der Waals surface area contributed by atoms with Crippen LogP contribution in [0, 0.1) is 5.82 Å². The molecule has 0 atom stereocenters. The van der Waals surface area contributed by atoms with Gasteiger partial charge in [0.1, 0.15) is 0 Å². The van der Waals surface area contributed by atoms with E-state index in [1.54, 1.807) is 6.07 Å². The van der Waals surface area contributed by atoms with Crippen LogP contribution in [-0.2, 0) is 5.33 Å². The Morgan fingerprint density at radius 1 is 1.33 bits per heavy atom. The lowest BCUT2D eigenvalue weighted by molar-refractivity contribution is 0.183. The number of ether oxygens (including phenoxy) is 1. The highest BCUT2D eigenvalue weighted by molar-refractivity contribution is 9.08. The van der Waals surface area contributed by atoms with Crippen LogP contribution in [0.3, 0.4) is 0 Å². The van der Waals surface area contributed by atoms with Crippen molar-refractivity contribution in [3.8, 4) is 5.75 Å². The van der Waals surface area contributed by atoms with Crippen molar-refractivity contribution in [1.82, 2.24) is 0 Å². The minimum Gasteiger partial charge on any atom is -0.487 e. The normalized spacial score (nSPS) is 10.7. The quantitative estimate of drug-likeness (QED) is 0.728. The summed E-state index contributed by atoms with van der Waals surface area (Å²) in [6, 6.07) is 5.01. The molecule has 0 aliphatic rings. The topological polar surface area (TPSA) is 9.23 Å². The first-order chi connectivity index (χ1) is 7.22. The van der Waals surface area contributed by atoms with Gasteiger partial charge < -0.3 is 4.74 Å². The van der Waals surface area contributed by atoms with Crippen LogP contribution in [-0.4, -0.2) is 6.10 Å². The minimum absolute atomic E-state index is 0.0969. The van der Waals surface area contributed by atoms with Crippen LogP contribution in [0.2, 0.25) is 0 Å². The van der Waals surface area contributed by atoms with E-state index in [2.05, 4.69) is 15.9 Å². The van der Waals surface area contributed by atoms with E-state index in [0.717, 1.165) is 18.4 Å². The lowest BCUT2D eigenvalue weighted by Gasteiger charge is -2.18. The number of para-hydroxylation sites is 1. The second kappa shape index (κ2) is 6.11. The van der Waals surface area contributed by atoms with E-state index in [4.69, 9.17) is 4.74 Å². The summed E-state index contributed by atoms with van der Waals surface area (Å²) in [7, 11) is 0. The van der Waals surface area contributed by atoms with E-state index >= 15 is 0 Å². The van der Waals surface area contributed by atoms with Crippen LogP contribution < -0.4 is 4.74 Å². The number of alkyl halides is 1. The molecule has 0 aliphatic carbocycles. The van der Waals surface area contributed by atoms with Crippen LogP contribution in [0.25, 0.3) is 0 Å². The maximum absolute atomic E-state index is 13.5. The van der Waals surface area contributed by atoms with E-state index < -0.39 is 0 Å². The summed E-state index contributed by atoms with van der Waals surface area (Å²) in [5.41, 5.74) is 0.863. The van der Waals surface area contributed by atoms with Crippen molar-refractivity contribution in [3.05, 3.63) is 29.6 Å². The Hall–Kier alpha value is -0.570. The Morgan fingerprint density at radius 2 is 2.00 bits per heavy atom. The minimum atomic E-state index is -0.279. The number of hydrogen-bond donors (Lipinski definition) is 0. The standard InChI is InChI=1S/C12H16BrFO/c1-3-10(4-2)15-12-9(8-13)6-5-7-11(12)14/h5-7,10H,3-4,8H2,1-2H3. The maximum Gasteiger partial charge on any atom is 0.165 e. The van der Waals surface area contributed by atoms with Crippen LogP contribution in [0.15, 0.2) is 18.2 Å². The molecule has 0 fully saturated rings. The fourth-order valence-corrected chi connectivity index (χ4v) is 1.85. The van der Waals surface area contributed by atoms with Crippen molar-refractivity contribution >= 4 is 15.9 Å². The van der Waals surface area contributed by atoms with E-state index in [0.29, 0.717) is 11.1 Å². The summed E-state index contributed by atoms with van der Waals surface area (Å²) in [5.74, 6) is 0.113. The van der Waals surface area contributed by atoms with Gasteiger partial charge in [-0.05, 0) is 18.9 Å². The van der Waals surface area contributed by atoms with Gasteiger partial charge in [0, 0.05) is 10.9 Å². The summed E-state index contributed by atoms with van der Waals surface area (Å²) in [6.45, 7) is 4.09. The summed E-state index contributed by atoms with van der Waals surface area (Å²) in [4.78, 5) is 0. The largest absolute Gasteiger partial charge is 0.487 e. The van der Waals surface area contributed by atoms with Gasteiger partial charge in [0.25, 0.3) is 0 Å². The Labute approximate surface area is 98.8 Å². The molecule has 3 heteroatoms. The highest BCUT2D eigenvalue weighted by Gasteiger charge is 2.13. The van der Waals surface area contributed by atoms with Gasteiger partial charge in [0.2, 0.25) is 0 Å². The van der Waals surface area contributed by atoms with E-state index in [1.807, 2.05) is 19.9 Å². The molecule has 15 heavy (non-hydrogen) atoms. The van der Waals surface area contributed by atoms with Gasteiger partial charge >= 0.3 is 0 Å². The van der Waals surface area contributed by atoms with Crippen LogP contribution in [0.4, 0.5) is 4.39 Å². The zero-order valence-corrected chi connectivity index (χ0v) is 10.7. The summed E-state index contributed by atoms with van der Waals surface area (Å²) >= 11 is 3.33. The first kappa shape index (κ1) is 12.5. The molecule has 1 aromatic carbocycles. The third-order valence-electron chi connectivity index (χ3n) is 2.39. The zero-order chi connectivity index (χ0) is 11.3. The third-order valence-corrected chi connectivity index (χ3v) is 2.99. The van der Waals surface area contributed by atoms with Gasteiger partial charge in [-0.25, -0.2) is 4.39 Å². The molecule has 0 spiro atoms. The van der Waals surface area contributed by atoms with E-state index in [-0.39, 0.29) is 11.9 Å². The average Bonchev–Trinajstić information content (AvgIpc) is 2.27. The highest BCUT2D eigenvalue weighted by Crippen LogP contribution is 2.26. The fourth-order valence-electron chi connectivity index (χ4n) is 1.41. The second-order valence-corrected chi connectivity index (χ2v) is 3.98. The molecule has 1 aromatic rings. The van der Waals surface area contributed by atoms with Crippen molar-refractivity contribution in [3.63, 3.8) is 0 Å². The van der Waals surface area contributed by atoms with Crippen LogP contribution in [0.1, 0.15) is 32.3 Å². The molecule has 0 N–H and O–H groups in total. The highest BCUT2D eigenvalue weighted by atomic mass is 79.9. The molecular formula is C12H16BrFO. The predicted octanol–water partition coefficient (Wildman–Crippen LogP) is 4.29. The predicted molar refractivity (Wildman–Crippen MR) is 64.0 cm³/mol. The first-order valence-electron chi connectivity index (χ1n) is 5.22. The molecule has 0 saturated carbocycles. The second-order valence-electron chi connectivity index (χ2n) is 3.42. The summed E-state index contributed by atoms with van der Waals surface area (Å²) in [5, 5.41) is 0.611. The van der Waals surface area contributed by atoms with Crippen LogP contribution in [0.5, 0.6) is 5.75 Å². The molecule has 1 nitrogen and oxygen atoms in total. The number of benzene rings is 1. The Morgan fingerprint density at radius 3 is 2.53 bits per heavy atom. The monoisotopic (exact) mass is 274 g/mol. The maximum atomic E-state index is 13.5. The van der Waals surface area contributed by atoms with Gasteiger partial charge in [-0.15, -0.1) is 0 Å². The van der Waals surface area contributed by atoms with Gasteiger partial charge in [-0.2, -0.15) is 0 Å². The number of halogens is 2. The molecule has 0 amide bonds. The Balaban J connectivity index is 2.91. The molecule has 0 unspecified atom stereocenters. The fraction of sp³-hybridized carbons (Fsp3) is 0.500. The third kappa shape index (κ3) is 3.20. The molecule has 0 radical (unpaired) electrons. The summed E-state index contributed by atoms with van der Waals surface area (Å²) < 4.78 is 19.2. The van der Waals surface area contributed by atoms with E-state index in [9.17, 15) is 4.39 Å². The van der Waals surface area contributed by atoms with Crippen molar-refractivity contribution in [1.29, 1.82) is 0 Å². The molecule has 84 valence electrons. The van der Waals surface area contributed by atoms with Crippen molar-refractivity contribution in [2.45, 2.75) is 38.1 Å². The van der Waals surface area contributed by atoms with E-state index in [1.165, 1.54) is 6.07 Å². The molecule has 0 aromatic heterocycles. The van der Waals surface area contributed by atoms with Gasteiger partial charge in [0.15, 0.2) is 11.6 Å². The molecule has 0 heterocycles. The van der Waals surface area contributed by atoms with Crippen molar-refractivity contribution in [2.75, 3.05) is 0 Å². The van der Waals surface area contributed by atoms with Crippen molar-refractivity contribution in [2.24, 2.45) is 0 Å². The average molecular weight is 275 g/mol. The SMILES string of the molecule is CCC(CC)Oc1c(F)cccc1CBr. The molecule has 0 aliphatic heterocycles. The van der Waals surface area contributed by atoms with Crippen LogP contribution >= 0.6 is 15.9 Å². The summed E-state index contributed by atoms with van der Waals surface area (Å²) in [6.07, 6.45) is 1.89. The molecular weight excluding hydrogens is 259 g/mol. The number of hydrogen-bond acceptors (Lipinski definition) is 1. The zero-order valence-electron chi connectivity index (χ0n) is 9.09. The molecule has 0 saturated heterocycles. The van der Waals surface area contributed by atoms with Gasteiger partial charge in [-0.3, -0.25) is 0 Å². The molecule has 1 rings (SSSR count). The molecule has 0 bridgehead atoms.